The lowest BCUT2D eigenvalue weighted by atomic mass is 10.1. The molecule has 1 aromatic carbocycles. The quantitative estimate of drug-likeness (QED) is 0.863. The van der Waals surface area contributed by atoms with Crippen LogP contribution in [0.25, 0.3) is 0 Å². The number of carbonyl (C=O) groups excluding carboxylic acids is 1. The first-order chi connectivity index (χ1) is 8.54. The van der Waals surface area contributed by atoms with E-state index in [0.29, 0.717) is 18.7 Å². The molecular weight excluding hydrogens is 238 g/mol. The van der Waals surface area contributed by atoms with Crippen LogP contribution in [-0.2, 0) is 11.2 Å². The van der Waals surface area contributed by atoms with Gasteiger partial charge in [0, 0.05) is 31.7 Å². The summed E-state index contributed by atoms with van der Waals surface area (Å²) in [5.41, 5.74) is 0.378. The van der Waals surface area contributed by atoms with Gasteiger partial charge in [0.2, 0.25) is 5.91 Å². The van der Waals surface area contributed by atoms with E-state index in [-0.39, 0.29) is 18.4 Å². The summed E-state index contributed by atoms with van der Waals surface area (Å²) in [6.07, 6.45) is 0.0431. The maximum atomic E-state index is 13.0. The van der Waals surface area contributed by atoms with Gasteiger partial charge < -0.3 is 10.2 Å². The van der Waals surface area contributed by atoms with Crippen molar-refractivity contribution in [3.8, 4) is 0 Å². The fraction of sp³-hybridized carbons (Fsp3) is 0.462. The van der Waals surface area contributed by atoms with Crippen molar-refractivity contribution >= 4 is 5.91 Å². The zero-order chi connectivity index (χ0) is 13.1. The molecular formula is C13H16F2N2O. The van der Waals surface area contributed by atoms with Gasteiger partial charge in [-0.2, -0.15) is 0 Å². The summed E-state index contributed by atoms with van der Waals surface area (Å²) < 4.78 is 26.0. The molecule has 1 N–H and O–H groups in total. The van der Waals surface area contributed by atoms with Crippen molar-refractivity contribution < 1.29 is 13.6 Å². The molecule has 0 spiro atoms. The molecule has 1 atom stereocenters. The van der Waals surface area contributed by atoms with Crippen LogP contribution >= 0.6 is 0 Å². The molecule has 0 aliphatic carbocycles. The molecule has 5 heteroatoms. The van der Waals surface area contributed by atoms with Crippen molar-refractivity contribution in [3.63, 3.8) is 0 Å². The van der Waals surface area contributed by atoms with Crippen LogP contribution < -0.4 is 5.32 Å². The molecule has 1 aliphatic heterocycles. The highest BCUT2D eigenvalue weighted by Crippen LogP contribution is 2.10. The van der Waals surface area contributed by atoms with Crippen molar-refractivity contribution in [1.29, 1.82) is 0 Å². The summed E-state index contributed by atoms with van der Waals surface area (Å²) in [6.45, 7) is 4.03. The van der Waals surface area contributed by atoms with E-state index in [9.17, 15) is 13.6 Å². The third kappa shape index (κ3) is 3.26. The Hall–Kier alpha value is -1.49. The summed E-state index contributed by atoms with van der Waals surface area (Å²) in [7, 11) is 0. The van der Waals surface area contributed by atoms with Crippen LogP contribution in [0.4, 0.5) is 8.78 Å². The average molecular weight is 254 g/mol. The van der Waals surface area contributed by atoms with Gasteiger partial charge >= 0.3 is 0 Å². The van der Waals surface area contributed by atoms with E-state index < -0.39 is 11.6 Å². The molecule has 1 fully saturated rings. The van der Waals surface area contributed by atoms with E-state index in [0.717, 1.165) is 12.6 Å². The lowest BCUT2D eigenvalue weighted by molar-refractivity contribution is -0.131. The topological polar surface area (TPSA) is 32.3 Å². The van der Waals surface area contributed by atoms with E-state index in [1.807, 2.05) is 6.92 Å². The predicted molar refractivity (Wildman–Crippen MR) is 64.1 cm³/mol. The molecule has 0 radical (unpaired) electrons. The molecule has 98 valence electrons. The first-order valence-electron chi connectivity index (χ1n) is 6.01. The van der Waals surface area contributed by atoms with Crippen LogP contribution in [0.15, 0.2) is 18.2 Å². The second kappa shape index (κ2) is 5.44. The van der Waals surface area contributed by atoms with Crippen molar-refractivity contribution in [1.82, 2.24) is 10.2 Å². The van der Waals surface area contributed by atoms with Gasteiger partial charge in [-0.15, -0.1) is 0 Å². The Morgan fingerprint density at radius 2 is 2.06 bits per heavy atom. The second-order valence-electron chi connectivity index (χ2n) is 4.65. The lowest BCUT2D eigenvalue weighted by Gasteiger charge is -2.32. The minimum Gasteiger partial charge on any atom is -0.340 e. The molecule has 18 heavy (non-hydrogen) atoms. The Bertz CT molecular complexity index is 430. The van der Waals surface area contributed by atoms with Crippen molar-refractivity contribution in [2.75, 3.05) is 19.6 Å². The zero-order valence-electron chi connectivity index (χ0n) is 10.2. The number of carbonyl (C=O) groups is 1. The number of nitrogens with one attached hydrogen (secondary N) is 1. The van der Waals surface area contributed by atoms with Crippen LogP contribution in [0.1, 0.15) is 12.5 Å². The second-order valence-corrected chi connectivity index (χ2v) is 4.65. The largest absolute Gasteiger partial charge is 0.340 e. The number of nitrogens with zero attached hydrogens (tertiary/aromatic N) is 1. The summed E-state index contributed by atoms with van der Waals surface area (Å²) in [5.74, 6) is -1.38. The van der Waals surface area contributed by atoms with Crippen molar-refractivity contribution in [2.45, 2.75) is 19.4 Å². The minimum absolute atomic E-state index is 0.0431. The van der Waals surface area contributed by atoms with Gasteiger partial charge in [0.25, 0.3) is 0 Å². The fourth-order valence-electron chi connectivity index (χ4n) is 2.16. The maximum Gasteiger partial charge on any atom is 0.227 e. The summed E-state index contributed by atoms with van der Waals surface area (Å²) in [6, 6.07) is 3.46. The molecule has 1 aromatic rings. The third-order valence-corrected chi connectivity index (χ3v) is 3.00. The smallest absolute Gasteiger partial charge is 0.227 e. The van der Waals surface area contributed by atoms with E-state index in [1.165, 1.54) is 12.1 Å². The Morgan fingerprint density at radius 1 is 1.39 bits per heavy atom. The monoisotopic (exact) mass is 254 g/mol. The van der Waals surface area contributed by atoms with E-state index in [1.54, 1.807) is 4.90 Å². The van der Waals surface area contributed by atoms with Gasteiger partial charge in [0.05, 0.1) is 6.42 Å². The lowest BCUT2D eigenvalue weighted by Crippen LogP contribution is -2.51. The standard InChI is InChI=1S/C13H16F2N2O/c1-9-8-17(3-2-16-9)13(18)6-10-4-11(14)7-12(15)5-10/h4-5,7,9,16H,2-3,6,8H2,1H3/t9-/m0/s1. The molecule has 3 nitrogen and oxygen atoms in total. The Kier molecular flexibility index (Phi) is 3.91. The van der Waals surface area contributed by atoms with Gasteiger partial charge in [-0.1, -0.05) is 0 Å². The number of amides is 1. The highest BCUT2D eigenvalue weighted by atomic mass is 19.1. The van der Waals surface area contributed by atoms with Crippen LogP contribution in [0.3, 0.4) is 0 Å². The molecule has 1 heterocycles. The maximum absolute atomic E-state index is 13.0. The Morgan fingerprint density at radius 3 is 2.67 bits per heavy atom. The number of hydrogen-bond donors (Lipinski definition) is 1. The normalized spacial score (nSPS) is 19.9. The fourth-order valence-corrected chi connectivity index (χ4v) is 2.16. The highest BCUT2D eigenvalue weighted by Gasteiger charge is 2.20. The zero-order valence-corrected chi connectivity index (χ0v) is 10.2. The average Bonchev–Trinajstić information content (AvgIpc) is 2.27. The van der Waals surface area contributed by atoms with Gasteiger partial charge in [-0.3, -0.25) is 4.79 Å². The summed E-state index contributed by atoms with van der Waals surface area (Å²) in [4.78, 5) is 13.7. The summed E-state index contributed by atoms with van der Waals surface area (Å²) in [5, 5.41) is 3.24. The van der Waals surface area contributed by atoms with Gasteiger partial charge in [-0.25, -0.2) is 8.78 Å². The van der Waals surface area contributed by atoms with Crippen LogP contribution in [0, 0.1) is 11.6 Å². The molecule has 0 unspecified atom stereocenters. The molecule has 1 saturated heterocycles. The number of halogens is 2. The van der Waals surface area contributed by atoms with Crippen LogP contribution in [0.2, 0.25) is 0 Å². The van der Waals surface area contributed by atoms with Crippen molar-refractivity contribution in [3.05, 3.63) is 35.4 Å². The van der Waals surface area contributed by atoms with E-state index >= 15 is 0 Å². The van der Waals surface area contributed by atoms with Crippen molar-refractivity contribution in [2.24, 2.45) is 0 Å². The number of hydrogen-bond acceptors (Lipinski definition) is 2. The molecule has 0 bridgehead atoms. The van der Waals surface area contributed by atoms with Gasteiger partial charge in [0.15, 0.2) is 0 Å². The number of piperazine rings is 1. The number of benzene rings is 1. The van der Waals surface area contributed by atoms with Gasteiger partial charge in [0.1, 0.15) is 11.6 Å². The highest BCUT2D eigenvalue weighted by molar-refractivity contribution is 5.79. The molecule has 2 rings (SSSR count). The predicted octanol–water partition coefficient (Wildman–Crippen LogP) is 1.33. The molecule has 1 aliphatic rings. The van der Waals surface area contributed by atoms with Crippen LogP contribution in [0.5, 0.6) is 0 Å². The third-order valence-electron chi connectivity index (χ3n) is 3.00. The number of rotatable bonds is 2. The SMILES string of the molecule is C[C@H]1CN(C(=O)Cc2cc(F)cc(F)c2)CCN1. The van der Waals surface area contributed by atoms with E-state index in [4.69, 9.17) is 0 Å². The molecule has 0 aromatic heterocycles. The Balaban J connectivity index is 2.02. The molecule has 0 saturated carbocycles. The van der Waals surface area contributed by atoms with Crippen LogP contribution in [-0.4, -0.2) is 36.5 Å². The first-order valence-corrected chi connectivity index (χ1v) is 6.01. The molecule has 1 amide bonds. The summed E-state index contributed by atoms with van der Waals surface area (Å²) >= 11 is 0. The van der Waals surface area contributed by atoms with E-state index in [2.05, 4.69) is 5.32 Å². The minimum atomic E-state index is -0.647. The van der Waals surface area contributed by atoms with Gasteiger partial charge in [-0.05, 0) is 24.6 Å². The Labute approximate surface area is 105 Å². The first kappa shape index (κ1) is 13.0.